The molecule has 1 atom stereocenters. The van der Waals surface area contributed by atoms with Crippen molar-refractivity contribution in [3.63, 3.8) is 0 Å². The van der Waals surface area contributed by atoms with Gasteiger partial charge in [0.25, 0.3) is 0 Å². The van der Waals surface area contributed by atoms with Crippen LogP contribution in [0.5, 0.6) is 0 Å². The maximum Gasteiger partial charge on any atom is 0.0637 e. The molecule has 0 bridgehead atoms. The van der Waals surface area contributed by atoms with Gasteiger partial charge in [-0.1, -0.05) is 35.3 Å². The molecule has 1 fully saturated rings. The van der Waals surface area contributed by atoms with Crippen molar-refractivity contribution >= 4 is 23.2 Å². The number of halogens is 2. The Morgan fingerprint density at radius 3 is 2.81 bits per heavy atom. The third kappa shape index (κ3) is 3.38. The summed E-state index contributed by atoms with van der Waals surface area (Å²) in [6, 6.07) is 10.3. The zero-order chi connectivity index (χ0) is 14.7. The lowest BCUT2D eigenvalue weighted by Gasteiger charge is -2.36. The van der Waals surface area contributed by atoms with Gasteiger partial charge in [-0.3, -0.25) is 9.88 Å². The number of benzene rings is 1. The molecular formula is C16H17Cl2N3. The summed E-state index contributed by atoms with van der Waals surface area (Å²) in [6.07, 6.45) is 3.68. The minimum Gasteiger partial charge on any atom is -0.314 e. The van der Waals surface area contributed by atoms with Crippen molar-refractivity contribution in [3.8, 4) is 0 Å². The summed E-state index contributed by atoms with van der Waals surface area (Å²) >= 11 is 12.4. The number of piperazine rings is 1. The normalized spacial score (nSPS) is 19.6. The second-order valence-corrected chi connectivity index (χ2v) is 5.97. The Morgan fingerprint density at radius 2 is 2.00 bits per heavy atom. The van der Waals surface area contributed by atoms with Crippen molar-refractivity contribution in [2.75, 3.05) is 19.6 Å². The molecule has 0 saturated carbocycles. The average Bonchev–Trinajstić information content (AvgIpc) is 2.53. The third-order valence-corrected chi connectivity index (χ3v) is 4.71. The molecule has 21 heavy (non-hydrogen) atoms. The largest absolute Gasteiger partial charge is 0.314 e. The summed E-state index contributed by atoms with van der Waals surface area (Å²) in [6.45, 7) is 3.70. The van der Waals surface area contributed by atoms with Crippen LogP contribution in [0.2, 0.25) is 10.0 Å². The summed E-state index contributed by atoms with van der Waals surface area (Å²) in [4.78, 5) is 6.53. The van der Waals surface area contributed by atoms with E-state index >= 15 is 0 Å². The third-order valence-electron chi connectivity index (χ3n) is 3.85. The van der Waals surface area contributed by atoms with Crippen LogP contribution >= 0.6 is 23.2 Å². The maximum atomic E-state index is 6.32. The fourth-order valence-electron chi connectivity index (χ4n) is 2.74. The van der Waals surface area contributed by atoms with E-state index in [2.05, 4.69) is 27.3 Å². The fourth-order valence-corrected chi connectivity index (χ4v) is 3.12. The van der Waals surface area contributed by atoms with Crippen LogP contribution in [-0.2, 0) is 6.54 Å². The average molecular weight is 322 g/mol. The summed E-state index contributed by atoms with van der Waals surface area (Å²) in [5.41, 5.74) is 2.35. The number of nitrogens with one attached hydrogen (secondary N) is 1. The first-order valence-electron chi connectivity index (χ1n) is 7.03. The molecule has 1 saturated heterocycles. The van der Waals surface area contributed by atoms with E-state index in [0.717, 1.165) is 31.7 Å². The Bertz CT molecular complexity index is 604. The highest BCUT2D eigenvalue weighted by Crippen LogP contribution is 2.29. The first-order valence-corrected chi connectivity index (χ1v) is 7.79. The van der Waals surface area contributed by atoms with Crippen LogP contribution < -0.4 is 5.32 Å². The summed E-state index contributed by atoms with van der Waals surface area (Å²) in [7, 11) is 0. The highest BCUT2D eigenvalue weighted by atomic mass is 35.5. The molecule has 2 aromatic rings. The highest BCUT2D eigenvalue weighted by molar-refractivity contribution is 6.42. The number of nitrogens with zero attached hydrogens (tertiary/aromatic N) is 2. The van der Waals surface area contributed by atoms with Crippen LogP contribution in [0.1, 0.15) is 17.2 Å². The van der Waals surface area contributed by atoms with Crippen molar-refractivity contribution in [3.05, 3.63) is 63.9 Å². The topological polar surface area (TPSA) is 28.2 Å². The van der Waals surface area contributed by atoms with E-state index < -0.39 is 0 Å². The molecule has 1 aromatic carbocycles. The predicted molar refractivity (Wildman–Crippen MR) is 86.7 cm³/mol. The molecule has 3 nitrogen and oxygen atoms in total. The molecule has 1 aliphatic heterocycles. The van der Waals surface area contributed by atoms with Crippen molar-refractivity contribution in [2.24, 2.45) is 0 Å². The Hall–Kier alpha value is -1.13. The van der Waals surface area contributed by atoms with E-state index in [4.69, 9.17) is 23.2 Å². The second kappa shape index (κ2) is 6.75. The van der Waals surface area contributed by atoms with Crippen molar-refractivity contribution in [1.82, 2.24) is 15.2 Å². The van der Waals surface area contributed by atoms with Crippen LogP contribution in [-0.4, -0.2) is 29.5 Å². The Kier molecular flexibility index (Phi) is 4.76. The van der Waals surface area contributed by atoms with E-state index in [0.29, 0.717) is 16.1 Å². The molecule has 0 spiro atoms. The van der Waals surface area contributed by atoms with Gasteiger partial charge in [-0.25, -0.2) is 0 Å². The predicted octanol–water partition coefficient (Wildman–Crippen LogP) is 3.53. The van der Waals surface area contributed by atoms with Gasteiger partial charge >= 0.3 is 0 Å². The van der Waals surface area contributed by atoms with Gasteiger partial charge in [0.1, 0.15) is 0 Å². The monoisotopic (exact) mass is 321 g/mol. The fraction of sp³-hybridized carbons (Fsp3) is 0.312. The minimum absolute atomic E-state index is 0.330. The Balaban J connectivity index is 1.83. The van der Waals surface area contributed by atoms with Gasteiger partial charge in [0, 0.05) is 44.6 Å². The molecule has 3 rings (SSSR count). The molecule has 2 heterocycles. The van der Waals surface area contributed by atoms with E-state index in [1.807, 2.05) is 30.6 Å². The van der Waals surface area contributed by atoms with E-state index in [1.165, 1.54) is 5.56 Å². The molecule has 1 unspecified atom stereocenters. The highest BCUT2D eigenvalue weighted by Gasteiger charge is 2.24. The van der Waals surface area contributed by atoms with E-state index in [-0.39, 0.29) is 0 Å². The van der Waals surface area contributed by atoms with Crippen LogP contribution in [0.4, 0.5) is 0 Å². The Labute approximate surface area is 134 Å². The van der Waals surface area contributed by atoms with Crippen molar-refractivity contribution < 1.29 is 0 Å². The van der Waals surface area contributed by atoms with Gasteiger partial charge in [0.05, 0.1) is 10.0 Å². The maximum absolute atomic E-state index is 6.32. The van der Waals surface area contributed by atoms with Crippen molar-refractivity contribution in [2.45, 2.75) is 12.6 Å². The zero-order valence-corrected chi connectivity index (χ0v) is 13.1. The number of rotatable bonds is 3. The second-order valence-electron chi connectivity index (χ2n) is 5.18. The molecule has 110 valence electrons. The van der Waals surface area contributed by atoms with Gasteiger partial charge in [-0.2, -0.15) is 0 Å². The van der Waals surface area contributed by atoms with Crippen molar-refractivity contribution in [1.29, 1.82) is 0 Å². The molecule has 0 radical (unpaired) electrons. The molecule has 0 amide bonds. The standard InChI is InChI=1S/C16H17Cl2N3/c17-14-3-1-2-13(16(14)18)11-21-9-8-20-10-15(21)12-4-6-19-7-5-12/h1-7,15,20H,8-11H2. The minimum atomic E-state index is 0.330. The van der Waals surface area contributed by atoms with Gasteiger partial charge in [0.15, 0.2) is 0 Å². The molecular weight excluding hydrogens is 305 g/mol. The van der Waals surface area contributed by atoms with E-state index in [9.17, 15) is 0 Å². The number of hydrogen-bond donors (Lipinski definition) is 1. The zero-order valence-electron chi connectivity index (χ0n) is 11.6. The quantitative estimate of drug-likeness (QED) is 0.937. The van der Waals surface area contributed by atoms with Gasteiger partial charge in [-0.15, -0.1) is 0 Å². The number of pyridine rings is 1. The van der Waals surface area contributed by atoms with Gasteiger partial charge in [-0.05, 0) is 29.3 Å². The van der Waals surface area contributed by atoms with Gasteiger partial charge < -0.3 is 5.32 Å². The molecule has 1 N–H and O–H groups in total. The number of hydrogen-bond acceptors (Lipinski definition) is 3. The lowest BCUT2D eigenvalue weighted by atomic mass is 10.0. The molecule has 0 aliphatic carbocycles. The molecule has 1 aliphatic rings. The SMILES string of the molecule is Clc1cccc(CN2CCNCC2c2ccncc2)c1Cl. The first-order chi connectivity index (χ1) is 10.3. The van der Waals surface area contributed by atoms with Crippen LogP contribution in [0.15, 0.2) is 42.7 Å². The molecule has 1 aromatic heterocycles. The lowest BCUT2D eigenvalue weighted by Crippen LogP contribution is -2.45. The number of aromatic nitrogens is 1. The molecule has 5 heteroatoms. The van der Waals surface area contributed by atoms with Gasteiger partial charge in [0.2, 0.25) is 0 Å². The van der Waals surface area contributed by atoms with Crippen LogP contribution in [0.25, 0.3) is 0 Å². The lowest BCUT2D eigenvalue weighted by molar-refractivity contribution is 0.153. The smallest absolute Gasteiger partial charge is 0.0637 e. The first kappa shape index (κ1) is 14.8. The summed E-state index contributed by atoms with van der Waals surface area (Å²) in [5.74, 6) is 0. The summed E-state index contributed by atoms with van der Waals surface area (Å²) in [5, 5.41) is 4.73. The van der Waals surface area contributed by atoms with Crippen LogP contribution in [0.3, 0.4) is 0 Å². The Morgan fingerprint density at radius 1 is 1.19 bits per heavy atom. The summed E-state index contributed by atoms with van der Waals surface area (Å²) < 4.78 is 0. The van der Waals surface area contributed by atoms with E-state index in [1.54, 1.807) is 0 Å². The van der Waals surface area contributed by atoms with Crippen LogP contribution in [0, 0.1) is 0 Å².